The molecule has 4 heteroatoms. The summed E-state index contributed by atoms with van der Waals surface area (Å²) in [5, 5.41) is 3.08. The van der Waals surface area contributed by atoms with E-state index in [1.807, 2.05) is 13.8 Å². The van der Waals surface area contributed by atoms with Crippen molar-refractivity contribution in [1.82, 2.24) is 10.2 Å². The molecule has 0 radical (unpaired) electrons. The Bertz CT molecular complexity index is 268. The molecule has 0 bridgehead atoms. The number of rotatable bonds is 7. The summed E-state index contributed by atoms with van der Waals surface area (Å²) in [5.41, 5.74) is 5.43. The van der Waals surface area contributed by atoms with Gasteiger partial charge in [-0.1, -0.05) is 20.8 Å². The number of nitrogens with two attached hydrogens (primary N) is 1. The van der Waals surface area contributed by atoms with Crippen LogP contribution in [0.3, 0.4) is 0 Å². The van der Waals surface area contributed by atoms with Crippen LogP contribution in [-0.2, 0) is 4.79 Å². The molecule has 1 fully saturated rings. The molecule has 0 aromatic carbocycles. The molecule has 0 aromatic rings. The Labute approximate surface area is 118 Å². The van der Waals surface area contributed by atoms with Gasteiger partial charge >= 0.3 is 0 Å². The zero-order valence-electron chi connectivity index (χ0n) is 12.9. The first kappa shape index (κ1) is 16.4. The van der Waals surface area contributed by atoms with Gasteiger partial charge in [-0.3, -0.25) is 4.79 Å². The van der Waals surface area contributed by atoms with Gasteiger partial charge in [0.25, 0.3) is 0 Å². The van der Waals surface area contributed by atoms with Crippen LogP contribution in [0.25, 0.3) is 0 Å². The molecule has 112 valence electrons. The maximum atomic E-state index is 12.3. The predicted octanol–water partition coefficient (Wildman–Crippen LogP) is 1.60. The van der Waals surface area contributed by atoms with Crippen molar-refractivity contribution in [3.63, 3.8) is 0 Å². The average Bonchev–Trinajstić information content (AvgIpc) is 2.41. The number of hydrogen-bond donors (Lipinski definition) is 2. The van der Waals surface area contributed by atoms with Gasteiger partial charge in [-0.05, 0) is 38.1 Å². The summed E-state index contributed by atoms with van der Waals surface area (Å²) in [5.74, 6) is 0.920. The molecule has 1 heterocycles. The third kappa shape index (κ3) is 4.46. The lowest BCUT2D eigenvalue weighted by Gasteiger charge is -2.32. The molecule has 1 aliphatic rings. The average molecular weight is 269 g/mol. The number of hydrogen-bond acceptors (Lipinski definition) is 3. The SMILES string of the molecule is CCC(CC)(CN)C(=O)NCCN1CCCC(C)C1. The first-order chi connectivity index (χ1) is 9.07. The maximum absolute atomic E-state index is 12.3. The molecule has 3 N–H and O–H groups in total. The van der Waals surface area contributed by atoms with Crippen molar-refractivity contribution in [2.75, 3.05) is 32.7 Å². The Morgan fingerprint density at radius 1 is 1.42 bits per heavy atom. The Morgan fingerprint density at radius 3 is 2.63 bits per heavy atom. The Balaban J connectivity index is 2.33. The Morgan fingerprint density at radius 2 is 2.11 bits per heavy atom. The lowest BCUT2D eigenvalue weighted by atomic mass is 9.81. The maximum Gasteiger partial charge on any atom is 0.227 e. The molecule has 1 amide bonds. The van der Waals surface area contributed by atoms with E-state index in [0.717, 1.165) is 31.8 Å². The van der Waals surface area contributed by atoms with Crippen LogP contribution in [0.2, 0.25) is 0 Å². The second-order valence-corrected chi connectivity index (χ2v) is 6.00. The first-order valence-corrected chi connectivity index (χ1v) is 7.78. The zero-order valence-corrected chi connectivity index (χ0v) is 12.9. The molecular formula is C15H31N3O. The predicted molar refractivity (Wildman–Crippen MR) is 79.9 cm³/mol. The van der Waals surface area contributed by atoms with E-state index >= 15 is 0 Å². The molecule has 0 spiro atoms. The van der Waals surface area contributed by atoms with Crippen LogP contribution in [0, 0.1) is 11.3 Å². The highest BCUT2D eigenvalue weighted by Gasteiger charge is 2.32. The van der Waals surface area contributed by atoms with Gasteiger partial charge in [-0.2, -0.15) is 0 Å². The molecule has 0 saturated carbocycles. The molecule has 1 atom stereocenters. The van der Waals surface area contributed by atoms with Crippen LogP contribution in [0.1, 0.15) is 46.5 Å². The van der Waals surface area contributed by atoms with Crippen LogP contribution < -0.4 is 11.1 Å². The normalized spacial score (nSPS) is 21.4. The quantitative estimate of drug-likeness (QED) is 0.738. The lowest BCUT2D eigenvalue weighted by molar-refractivity contribution is -0.131. The van der Waals surface area contributed by atoms with Crippen LogP contribution in [0.4, 0.5) is 0 Å². The van der Waals surface area contributed by atoms with E-state index in [2.05, 4.69) is 17.1 Å². The molecule has 0 aliphatic carbocycles. The van der Waals surface area contributed by atoms with Crippen molar-refractivity contribution >= 4 is 5.91 Å². The molecule has 1 unspecified atom stereocenters. The third-order valence-electron chi connectivity index (χ3n) is 4.68. The van der Waals surface area contributed by atoms with E-state index in [4.69, 9.17) is 5.73 Å². The summed E-state index contributed by atoms with van der Waals surface area (Å²) in [6.45, 7) is 10.9. The number of carbonyl (C=O) groups is 1. The van der Waals surface area contributed by atoms with Crippen molar-refractivity contribution in [3.05, 3.63) is 0 Å². The van der Waals surface area contributed by atoms with Crippen molar-refractivity contribution < 1.29 is 4.79 Å². The molecule has 1 saturated heterocycles. The van der Waals surface area contributed by atoms with Gasteiger partial charge in [0.15, 0.2) is 0 Å². The van der Waals surface area contributed by atoms with Crippen molar-refractivity contribution in [2.24, 2.45) is 17.1 Å². The van der Waals surface area contributed by atoms with Crippen LogP contribution in [0.5, 0.6) is 0 Å². The summed E-state index contributed by atoms with van der Waals surface area (Å²) in [7, 11) is 0. The van der Waals surface area contributed by atoms with Gasteiger partial charge in [0.05, 0.1) is 5.41 Å². The molecule has 0 aromatic heterocycles. The molecule has 1 rings (SSSR count). The highest BCUT2D eigenvalue weighted by Crippen LogP contribution is 2.24. The fraction of sp³-hybridized carbons (Fsp3) is 0.933. The highest BCUT2D eigenvalue weighted by molar-refractivity contribution is 5.82. The van der Waals surface area contributed by atoms with E-state index in [0.29, 0.717) is 6.54 Å². The largest absolute Gasteiger partial charge is 0.354 e. The van der Waals surface area contributed by atoms with E-state index in [1.165, 1.54) is 25.9 Å². The second kappa shape index (κ2) is 7.85. The topological polar surface area (TPSA) is 58.4 Å². The summed E-state index contributed by atoms with van der Waals surface area (Å²) in [6.07, 6.45) is 4.25. The monoisotopic (exact) mass is 269 g/mol. The van der Waals surface area contributed by atoms with Crippen LogP contribution in [-0.4, -0.2) is 43.5 Å². The number of likely N-dealkylation sites (tertiary alicyclic amines) is 1. The van der Waals surface area contributed by atoms with E-state index in [9.17, 15) is 4.79 Å². The third-order valence-corrected chi connectivity index (χ3v) is 4.68. The smallest absolute Gasteiger partial charge is 0.227 e. The summed E-state index contributed by atoms with van der Waals surface area (Å²) < 4.78 is 0. The van der Waals surface area contributed by atoms with Crippen LogP contribution in [0.15, 0.2) is 0 Å². The van der Waals surface area contributed by atoms with E-state index in [1.54, 1.807) is 0 Å². The molecular weight excluding hydrogens is 238 g/mol. The fourth-order valence-electron chi connectivity index (χ4n) is 2.96. The number of amides is 1. The number of piperidine rings is 1. The second-order valence-electron chi connectivity index (χ2n) is 6.00. The van der Waals surface area contributed by atoms with Crippen LogP contribution >= 0.6 is 0 Å². The van der Waals surface area contributed by atoms with Crippen molar-refractivity contribution in [1.29, 1.82) is 0 Å². The minimum Gasteiger partial charge on any atom is -0.354 e. The van der Waals surface area contributed by atoms with Gasteiger partial charge in [0.1, 0.15) is 0 Å². The molecule has 1 aliphatic heterocycles. The lowest BCUT2D eigenvalue weighted by Crippen LogP contribution is -2.48. The standard InChI is InChI=1S/C15H31N3O/c1-4-15(5-2,12-16)14(19)17-8-10-18-9-6-7-13(3)11-18/h13H,4-12,16H2,1-3H3,(H,17,19). The molecule has 4 nitrogen and oxygen atoms in total. The first-order valence-electron chi connectivity index (χ1n) is 7.78. The number of carbonyl (C=O) groups excluding carboxylic acids is 1. The summed E-state index contributed by atoms with van der Waals surface area (Å²) >= 11 is 0. The van der Waals surface area contributed by atoms with Gasteiger partial charge in [-0.25, -0.2) is 0 Å². The number of nitrogens with zero attached hydrogens (tertiary/aromatic N) is 1. The fourth-order valence-corrected chi connectivity index (χ4v) is 2.96. The van der Waals surface area contributed by atoms with Gasteiger partial charge < -0.3 is 16.0 Å². The van der Waals surface area contributed by atoms with E-state index < -0.39 is 0 Å². The Hall–Kier alpha value is -0.610. The van der Waals surface area contributed by atoms with Crippen molar-refractivity contribution in [2.45, 2.75) is 46.5 Å². The molecule has 19 heavy (non-hydrogen) atoms. The summed E-state index contributed by atoms with van der Waals surface area (Å²) in [4.78, 5) is 14.7. The summed E-state index contributed by atoms with van der Waals surface area (Å²) in [6, 6.07) is 0. The zero-order chi connectivity index (χ0) is 14.3. The highest BCUT2D eigenvalue weighted by atomic mass is 16.2. The number of nitrogens with one attached hydrogen (secondary N) is 1. The Kier molecular flexibility index (Phi) is 6.80. The van der Waals surface area contributed by atoms with E-state index in [-0.39, 0.29) is 11.3 Å². The van der Waals surface area contributed by atoms with Gasteiger partial charge in [-0.15, -0.1) is 0 Å². The van der Waals surface area contributed by atoms with Crippen molar-refractivity contribution in [3.8, 4) is 0 Å². The minimum absolute atomic E-state index is 0.130. The minimum atomic E-state index is -0.366. The van der Waals surface area contributed by atoms with Gasteiger partial charge in [0.2, 0.25) is 5.91 Å². The van der Waals surface area contributed by atoms with Gasteiger partial charge in [0, 0.05) is 26.2 Å².